The maximum absolute atomic E-state index is 11.1. The highest BCUT2D eigenvalue weighted by atomic mass is 16.6. The van der Waals surface area contributed by atoms with Gasteiger partial charge in [0.1, 0.15) is 0 Å². The molecule has 0 aromatic rings. The Labute approximate surface area is 80.1 Å². The van der Waals surface area contributed by atoms with Gasteiger partial charge in [-0.1, -0.05) is 6.42 Å². The summed E-state index contributed by atoms with van der Waals surface area (Å²) in [6, 6.07) is 0. The fourth-order valence-electron chi connectivity index (χ4n) is 1.37. The van der Waals surface area contributed by atoms with Crippen LogP contribution in [0.1, 0.15) is 19.3 Å². The summed E-state index contributed by atoms with van der Waals surface area (Å²) < 4.78 is 4.86. The summed E-state index contributed by atoms with van der Waals surface area (Å²) in [5.74, 6) is -1.25. The summed E-state index contributed by atoms with van der Waals surface area (Å²) in [5, 5.41) is 8.43. The van der Waals surface area contributed by atoms with Crippen LogP contribution in [0, 0.1) is 5.92 Å². The highest BCUT2D eigenvalue weighted by molar-refractivity contribution is 6.07. The highest BCUT2D eigenvalue weighted by Gasteiger charge is 2.32. The average Bonchev–Trinajstić information content (AvgIpc) is 2.27. The first-order valence-electron chi connectivity index (χ1n) is 4.42. The lowest BCUT2D eigenvalue weighted by Crippen LogP contribution is -2.22. The normalized spacial score (nSPS) is 24.4. The minimum Gasteiger partial charge on any atom is -0.478 e. The largest absolute Gasteiger partial charge is 0.478 e. The van der Waals surface area contributed by atoms with E-state index in [1.54, 1.807) is 0 Å². The van der Waals surface area contributed by atoms with E-state index < -0.39 is 11.9 Å². The van der Waals surface area contributed by atoms with Crippen LogP contribution in [0.3, 0.4) is 0 Å². The lowest BCUT2D eigenvalue weighted by Gasteiger charge is -2.23. The van der Waals surface area contributed by atoms with Gasteiger partial charge in [0.25, 0.3) is 0 Å². The van der Waals surface area contributed by atoms with Crippen LogP contribution < -0.4 is 0 Å². The molecule has 0 saturated heterocycles. The van der Waals surface area contributed by atoms with Crippen LogP contribution in [0.2, 0.25) is 0 Å². The van der Waals surface area contributed by atoms with Gasteiger partial charge in [0.2, 0.25) is 5.90 Å². The molecule has 2 rings (SSSR count). The Balaban J connectivity index is 2.16. The van der Waals surface area contributed by atoms with Gasteiger partial charge in [-0.2, -0.15) is 0 Å². The summed E-state index contributed by atoms with van der Waals surface area (Å²) in [6.07, 6.45) is 3.81. The van der Waals surface area contributed by atoms with Crippen molar-refractivity contribution in [1.29, 1.82) is 0 Å². The number of esters is 1. The topological polar surface area (TPSA) is 76.0 Å². The average molecular weight is 195 g/mol. The second-order valence-corrected chi connectivity index (χ2v) is 3.34. The number of rotatable bonds is 2. The SMILES string of the molecule is O=C(O)/C=C1/N=C(C2CCC2)OC1=O. The van der Waals surface area contributed by atoms with Gasteiger partial charge >= 0.3 is 11.9 Å². The maximum atomic E-state index is 11.1. The fraction of sp³-hybridized carbons (Fsp3) is 0.444. The molecule has 1 N–H and O–H groups in total. The van der Waals surface area contributed by atoms with Crippen LogP contribution >= 0.6 is 0 Å². The number of carboxylic acids is 1. The molecule has 0 radical (unpaired) electrons. The zero-order chi connectivity index (χ0) is 10.1. The molecular formula is C9H9NO4. The van der Waals surface area contributed by atoms with Crippen LogP contribution in [0.5, 0.6) is 0 Å². The maximum Gasteiger partial charge on any atom is 0.363 e. The molecule has 1 saturated carbocycles. The Morgan fingerprint density at radius 3 is 2.79 bits per heavy atom. The molecule has 0 atom stereocenters. The summed E-state index contributed by atoms with van der Waals surface area (Å²) >= 11 is 0. The van der Waals surface area contributed by atoms with Gasteiger partial charge < -0.3 is 9.84 Å². The molecule has 0 amide bonds. The van der Waals surface area contributed by atoms with Crippen molar-refractivity contribution in [2.45, 2.75) is 19.3 Å². The van der Waals surface area contributed by atoms with Crippen molar-refractivity contribution in [3.8, 4) is 0 Å². The van der Waals surface area contributed by atoms with Crippen LogP contribution in [-0.4, -0.2) is 22.9 Å². The van der Waals surface area contributed by atoms with Gasteiger partial charge in [0.05, 0.1) is 6.08 Å². The van der Waals surface area contributed by atoms with Crippen molar-refractivity contribution < 1.29 is 19.4 Å². The number of hydrogen-bond acceptors (Lipinski definition) is 4. The van der Waals surface area contributed by atoms with E-state index in [-0.39, 0.29) is 11.6 Å². The third-order valence-corrected chi connectivity index (χ3v) is 2.35. The molecule has 1 aliphatic carbocycles. The molecule has 74 valence electrons. The Morgan fingerprint density at radius 1 is 1.57 bits per heavy atom. The molecule has 5 nitrogen and oxygen atoms in total. The van der Waals surface area contributed by atoms with Gasteiger partial charge in [0, 0.05) is 5.92 Å². The number of ether oxygens (including phenoxy) is 1. The Morgan fingerprint density at radius 2 is 2.29 bits per heavy atom. The van der Waals surface area contributed by atoms with Crippen molar-refractivity contribution in [1.82, 2.24) is 0 Å². The number of hydrogen-bond donors (Lipinski definition) is 1. The molecule has 5 heteroatoms. The molecule has 1 fully saturated rings. The molecule has 2 aliphatic rings. The molecule has 14 heavy (non-hydrogen) atoms. The third kappa shape index (κ3) is 1.53. The summed E-state index contributed by atoms with van der Waals surface area (Å²) in [6.45, 7) is 0. The van der Waals surface area contributed by atoms with Crippen LogP contribution in [0.25, 0.3) is 0 Å². The molecule has 1 heterocycles. The van der Waals surface area contributed by atoms with Gasteiger partial charge in [-0.3, -0.25) is 0 Å². The summed E-state index contributed by atoms with van der Waals surface area (Å²) in [5.41, 5.74) is -0.112. The number of aliphatic carboxylic acids is 1. The Kier molecular flexibility index (Phi) is 2.07. The zero-order valence-corrected chi connectivity index (χ0v) is 7.40. The van der Waals surface area contributed by atoms with Crippen LogP contribution in [0.4, 0.5) is 0 Å². The van der Waals surface area contributed by atoms with E-state index in [0.29, 0.717) is 5.90 Å². The smallest absolute Gasteiger partial charge is 0.363 e. The standard InChI is InChI=1S/C9H9NO4/c11-7(12)4-6-9(13)14-8(10-6)5-2-1-3-5/h4-5H,1-3H2,(H,11,12)/b6-4+. The van der Waals surface area contributed by atoms with Crippen molar-refractivity contribution in [2.75, 3.05) is 0 Å². The molecule has 0 aromatic heterocycles. The summed E-state index contributed by atoms with van der Waals surface area (Å²) in [7, 11) is 0. The first kappa shape index (κ1) is 8.93. The van der Waals surface area contributed by atoms with Gasteiger partial charge in [-0.05, 0) is 12.8 Å². The quantitative estimate of drug-likeness (QED) is 0.520. The minimum atomic E-state index is -1.18. The van der Waals surface area contributed by atoms with Crippen molar-refractivity contribution in [3.63, 3.8) is 0 Å². The fourth-order valence-corrected chi connectivity index (χ4v) is 1.37. The predicted octanol–water partition coefficient (Wildman–Crippen LogP) is 0.710. The van der Waals surface area contributed by atoms with Crippen LogP contribution in [0.15, 0.2) is 16.8 Å². The summed E-state index contributed by atoms with van der Waals surface area (Å²) in [4.78, 5) is 25.3. The third-order valence-electron chi connectivity index (χ3n) is 2.35. The predicted molar refractivity (Wildman–Crippen MR) is 46.6 cm³/mol. The molecule has 0 unspecified atom stereocenters. The minimum absolute atomic E-state index is 0.112. The van der Waals surface area contributed by atoms with E-state index in [9.17, 15) is 9.59 Å². The van der Waals surface area contributed by atoms with E-state index in [1.165, 1.54) is 0 Å². The zero-order valence-electron chi connectivity index (χ0n) is 7.40. The van der Waals surface area contributed by atoms with Crippen molar-refractivity contribution >= 4 is 17.8 Å². The number of aliphatic imine (C=N–C) groups is 1. The van der Waals surface area contributed by atoms with E-state index in [1.807, 2.05) is 0 Å². The molecule has 0 aromatic carbocycles. The number of cyclic esters (lactones) is 1. The second kappa shape index (κ2) is 3.25. The van der Waals surface area contributed by atoms with Gasteiger partial charge in [0.15, 0.2) is 5.70 Å². The first-order valence-corrected chi connectivity index (χ1v) is 4.42. The van der Waals surface area contributed by atoms with Crippen LogP contribution in [-0.2, 0) is 14.3 Å². The highest BCUT2D eigenvalue weighted by Crippen LogP contribution is 2.31. The molecule has 0 bridgehead atoms. The number of carbonyl (C=O) groups excluding carboxylic acids is 1. The number of carbonyl (C=O) groups is 2. The first-order chi connectivity index (χ1) is 6.66. The number of nitrogens with zero attached hydrogens (tertiary/aromatic N) is 1. The van der Waals surface area contributed by atoms with Crippen molar-refractivity contribution in [3.05, 3.63) is 11.8 Å². The van der Waals surface area contributed by atoms with Crippen molar-refractivity contribution in [2.24, 2.45) is 10.9 Å². The molecular weight excluding hydrogens is 186 g/mol. The lowest BCUT2D eigenvalue weighted by atomic mass is 9.85. The monoisotopic (exact) mass is 195 g/mol. The second-order valence-electron chi connectivity index (χ2n) is 3.34. The van der Waals surface area contributed by atoms with E-state index in [0.717, 1.165) is 25.3 Å². The molecule has 0 spiro atoms. The van der Waals surface area contributed by atoms with E-state index in [4.69, 9.17) is 9.84 Å². The Hall–Kier alpha value is -1.65. The Bertz CT molecular complexity index is 352. The lowest BCUT2D eigenvalue weighted by molar-refractivity contribution is -0.133. The molecule has 1 aliphatic heterocycles. The van der Waals surface area contributed by atoms with Gasteiger partial charge in [-0.25, -0.2) is 14.6 Å². The van der Waals surface area contributed by atoms with E-state index in [2.05, 4.69) is 4.99 Å². The number of carboxylic acid groups (broad SMARTS) is 1. The van der Waals surface area contributed by atoms with Gasteiger partial charge in [-0.15, -0.1) is 0 Å². The van der Waals surface area contributed by atoms with E-state index >= 15 is 0 Å².